The molecular formula is C19H21N3O3S. The average molecular weight is 371 g/mol. The van der Waals surface area contributed by atoms with Crippen LogP contribution in [0.5, 0.6) is 0 Å². The van der Waals surface area contributed by atoms with Gasteiger partial charge in [0.25, 0.3) is 5.69 Å². The Morgan fingerprint density at radius 2 is 2.12 bits per heavy atom. The SMILES string of the molecule is CCCCSC1=NC(C)=C(C(C)=O)[C@H](c2ccccc2[N+](=O)[O-])C1C#N. The van der Waals surface area contributed by atoms with Crippen LogP contribution in [-0.4, -0.2) is 21.5 Å². The number of hydrogen-bond acceptors (Lipinski definition) is 6. The first-order chi connectivity index (χ1) is 12.4. The number of carbonyl (C=O) groups is 1. The van der Waals surface area contributed by atoms with Gasteiger partial charge in [0, 0.05) is 28.8 Å². The summed E-state index contributed by atoms with van der Waals surface area (Å²) in [6.45, 7) is 5.23. The molecule has 0 saturated heterocycles. The smallest absolute Gasteiger partial charge is 0.273 e. The van der Waals surface area contributed by atoms with Crippen molar-refractivity contribution in [2.45, 2.75) is 39.5 Å². The number of carbonyl (C=O) groups excluding carboxylic acids is 1. The first-order valence-electron chi connectivity index (χ1n) is 8.48. The second-order valence-electron chi connectivity index (χ2n) is 6.11. The maximum atomic E-state index is 12.3. The van der Waals surface area contributed by atoms with E-state index in [0.29, 0.717) is 21.9 Å². The van der Waals surface area contributed by atoms with Gasteiger partial charge in [-0.3, -0.25) is 14.9 Å². The van der Waals surface area contributed by atoms with Gasteiger partial charge in [0.15, 0.2) is 5.78 Å². The van der Waals surface area contributed by atoms with E-state index in [2.05, 4.69) is 18.0 Å². The molecule has 0 spiro atoms. The number of Topliss-reactive ketones (excluding diaryl/α,β-unsaturated/α-hetero) is 1. The molecule has 7 heteroatoms. The molecule has 0 bridgehead atoms. The van der Waals surface area contributed by atoms with Gasteiger partial charge in [-0.05, 0) is 26.0 Å². The molecule has 1 aromatic rings. The second kappa shape index (κ2) is 8.77. The number of aliphatic imine (C=N–C) groups is 1. The topological polar surface area (TPSA) is 96.4 Å². The molecule has 1 aliphatic rings. The molecule has 0 N–H and O–H groups in total. The van der Waals surface area contributed by atoms with Crippen LogP contribution in [-0.2, 0) is 4.79 Å². The Bertz CT molecular complexity index is 824. The van der Waals surface area contributed by atoms with Crippen molar-refractivity contribution < 1.29 is 9.72 Å². The molecule has 2 rings (SSSR count). The van der Waals surface area contributed by atoms with E-state index in [1.54, 1.807) is 25.1 Å². The minimum atomic E-state index is -0.708. The van der Waals surface area contributed by atoms with E-state index in [0.717, 1.165) is 18.6 Å². The van der Waals surface area contributed by atoms with Gasteiger partial charge in [0.2, 0.25) is 0 Å². The van der Waals surface area contributed by atoms with Crippen molar-refractivity contribution in [1.29, 1.82) is 5.26 Å². The Balaban J connectivity index is 2.61. The fourth-order valence-corrected chi connectivity index (χ4v) is 4.34. The summed E-state index contributed by atoms with van der Waals surface area (Å²) in [5, 5.41) is 21.9. The third-order valence-corrected chi connectivity index (χ3v) is 5.45. The highest BCUT2D eigenvalue weighted by Crippen LogP contribution is 2.44. The van der Waals surface area contributed by atoms with Gasteiger partial charge in [-0.1, -0.05) is 31.5 Å². The number of rotatable bonds is 6. The molecule has 1 unspecified atom stereocenters. The highest BCUT2D eigenvalue weighted by molar-refractivity contribution is 8.14. The van der Waals surface area contributed by atoms with Crippen LogP contribution in [0.2, 0.25) is 0 Å². The van der Waals surface area contributed by atoms with Gasteiger partial charge < -0.3 is 0 Å². The largest absolute Gasteiger partial charge is 0.295 e. The van der Waals surface area contributed by atoms with Gasteiger partial charge in [0.05, 0.1) is 16.0 Å². The van der Waals surface area contributed by atoms with E-state index in [1.165, 1.54) is 24.8 Å². The molecule has 1 aromatic carbocycles. The zero-order valence-corrected chi connectivity index (χ0v) is 15.9. The monoisotopic (exact) mass is 371 g/mol. The van der Waals surface area contributed by atoms with E-state index in [-0.39, 0.29) is 11.5 Å². The second-order valence-corrected chi connectivity index (χ2v) is 7.22. The molecule has 0 radical (unpaired) electrons. The quantitative estimate of drug-likeness (QED) is 0.413. The molecule has 0 saturated carbocycles. The van der Waals surface area contributed by atoms with E-state index in [1.807, 2.05) is 0 Å². The molecule has 0 aliphatic carbocycles. The third-order valence-electron chi connectivity index (χ3n) is 4.31. The molecule has 6 nitrogen and oxygen atoms in total. The molecule has 2 atom stereocenters. The van der Waals surface area contributed by atoms with Gasteiger partial charge in [-0.2, -0.15) is 5.26 Å². The fraction of sp³-hybridized carbons (Fsp3) is 0.421. The lowest BCUT2D eigenvalue weighted by Gasteiger charge is -2.29. The molecule has 0 amide bonds. The summed E-state index contributed by atoms with van der Waals surface area (Å²) >= 11 is 1.50. The number of ketones is 1. The number of thioether (sulfide) groups is 1. The number of nitro benzene ring substituents is 1. The summed E-state index contributed by atoms with van der Waals surface area (Å²) < 4.78 is 0. The average Bonchev–Trinajstić information content (AvgIpc) is 2.61. The number of hydrogen-bond donors (Lipinski definition) is 0. The van der Waals surface area contributed by atoms with Crippen LogP contribution < -0.4 is 0 Å². The first kappa shape index (κ1) is 19.9. The zero-order valence-electron chi connectivity index (χ0n) is 15.1. The Hall–Kier alpha value is -2.46. The Morgan fingerprint density at radius 3 is 2.69 bits per heavy atom. The predicted octanol–water partition coefficient (Wildman–Crippen LogP) is 4.63. The molecule has 26 heavy (non-hydrogen) atoms. The fourth-order valence-electron chi connectivity index (χ4n) is 3.13. The van der Waals surface area contributed by atoms with Gasteiger partial charge in [0.1, 0.15) is 5.92 Å². The standard InChI is InChI=1S/C19H21N3O3S/c1-4-5-10-26-19-15(11-20)18(17(13(3)23)12(2)21-19)14-8-6-7-9-16(14)22(24)25/h6-9,15,18H,4-5,10H2,1-3H3/t15?,18-/m1/s1. The van der Waals surface area contributed by atoms with Gasteiger partial charge >= 0.3 is 0 Å². The minimum absolute atomic E-state index is 0.0795. The maximum absolute atomic E-state index is 12.3. The number of para-hydroxylation sites is 1. The Morgan fingerprint density at radius 1 is 1.42 bits per heavy atom. The van der Waals surface area contributed by atoms with E-state index >= 15 is 0 Å². The lowest BCUT2D eigenvalue weighted by atomic mass is 9.77. The summed E-state index contributed by atoms with van der Waals surface area (Å²) in [7, 11) is 0. The van der Waals surface area contributed by atoms with Crippen LogP contribution in [0, 0.1) is 27.4 Å². The number of unbranched alkanes of at least 4 members (excludes halogenated alkanes) is 1. The molecule has 0 fully saturated rings. The van der Waals surface area contributed by atoms with Crippen LogP contribution in [0.3, 0.4) is 0 Å². The van der Waals surface area contributed by atoms with Crippen LogP contribution in [0.4, 0.5) is 5.69 Å². The third kappa shape index (κ3) is 4.02. The van der Waals surface area contributed by atoms with Crippen molar-refractivity contribution in [3.8, 4) is 6.07 Å². The van der Waals surface area contributed by atoms with Crippen molar-refractivity contribution in [3.63, 3.8) is 0 Å². The van der Waals surface area contributed by atoms with E-state index in [4.69, 9.17) is 0 Å². The summed E-state index contributed by atoms with van der Waals surface area (Å²) in [6.07, 6.45) is 2.01. The Labute approximate surface area is 157 Å². The van der Waals surface area contributed by atoms with Gasteiger partial charge in [-0.15, -0.1) is 11.8 Å². The predicted molar refractivity (Wildman–Crippen MR) is 103 cm³/mol. The number of nitro groups is 1. The summed E-state index contributed by atoms with van der Waals surface area (Å²) in [5.74, 6) is -0.784. The molecular weight excluding hydrogens is 350 g/mol. The van der Waals surface area contributed by atoms with Crippen LogP contribution in [0.15, 0.2) is 40.5 Å². The van der Waals surface area contributed by atoms with E-state index < -0.39 is 16.8 Å². The van der Waals surface area contributed by atoms with Crippen LogP contribution in [0.1, 0.15) is 45.1 Å². The molecule has 1 aliphatic heterocycles. The van der Waals surface area contributed by atoms with E-state index in [9.17, 15) is 20.2 Å². The highest BCUT2D eigenvalue weighted by atomic mass is 32.2. The number of nitrogens with zero attached hydrogens (tertiary/aromatic N) is 3. The number of benzene rings is 1. The number of nitriles is 1. The van der Waals surface area contributed by atoms with Gasteiger partial charge in [-0.25, -0.2) is 4.99 Å². The van der Waals surface area contributed by atoms with Crippen LogP contribution in [0.25, 0.3) is 0 Å². The van der Waals surface area contributed by atoms with Crippen molar-refractivity contribution in [3.05, 3.63) is 51.2 Å². The molecule has 1 heterocycles. The van der Waals surface area contributed by atoms with Crippen molar-refractivity contribution in [2.75, 3.05) is 5.75 Å². The Kier molecular flexibility index (Phi) is 6.70. The molecule has 0 aromatic heterocycles. The van der Waals surface area contributed by atoms with Crippen molar-refractivity contribution in [2.24, 2.45) is 10.9 Å². The minimum Gasteiger partial charge on any atom is -0.295 e. The first-order valence-corrected chi connectivity index (χ1v) is 9.46. The number of allylic oxidation sites excluding steroid dienone is 2. The molecule has 136 valence electrons. The maximum Gasteiger partial charge on any atom is 0.273 e. The summed E-state index contributed by atoms with van der Waals surface area (Å²) in [5.41, 5.74) is 1.22. The summed E-state index contributed by atoms with van der Waals surface area (Å²) in [6, 6.07) is 8.56. The normalized spacial score (nSPS) is 19.7. The summed E-state index contributed by atoms with van der Waals surface area (Å²) in [4.78, 5) is 27.8. The van der Waals surface area contributed by atoms with Crippen molar-refractivity contribution >= 4 is 28.3 Å². The van der Waals surface area contributed by atoms with Crippen LogP contribution >= 0.6 is 11.8 Å². The lowest BCUT2D eigenvalue weighted by molar-refractivity contribution is -0.385. The van der Waals surface area contributed by atoms with Crippen molar-refractivity contribution in [1.82, 2.24) is 0 Å². The zero-order chi connectivity index (χ0) is 19.3. The highest BCUT2D eigenvalue weighted by Gasteiger charge is 2.40. The lowest BCUT2D eigenvalue weighted by Crippen LogP contribution is -2.28.